The number of ether oxygens (including phenoxy) is 1. The second-order valence-electron chi connectivity index (χ2n) is 4.94. The van der Waals surface area contributed by atoms with E-state index < -0.39 is 0 Å². The second-order valence-corrected chi connectivity index (χ2v) is 5.85. The first-order valence-electron chi connectivity index (χ1n) is 6.42. The fourth-order valence-electron chi connectivity index (χ4n) is 2.08. The highest BCUT2D eigenvalue weighted by Crippen LogP contribution is 2.30. The Kier molecular flexibility index (Phi) is 4.82. The Bertz CT molecular complexity index is 463. The van der Waals surface area contributed by atoms with Crippen LogP contribution in [0.15, 0.2) is 22.7 Å². The molecule has 1 aliphatic rings. The minimum atomic E-state index is 0.145. The number of fused-ring (bicyclic) bond motifs is 1. The molecule has 5 heteroatoms. The summed E-state index contributed by atoms with van der Waals surface area (Å²) in [7, 11) is 3.55. The Hall–Kier alpha value is -1.07. The Labute approximate surface area is 122 Å². The van der Waals surface area contributed by atoms with E-state index in [0.29, 0.717) is 13.0 Å². The molecule has 4 nitrogen and oxygen atoms in total. The van der Waals surface area contributed by atoms with E-state index in [4.69, 9.17) is 4.74 Å². The summed E-state index contributed by atoms with van der Waals surface area (Å²) in [5.74, 6) is 1.12. The van der Waals surface area contributed by atoms with Crippen LogP contribution >= 0.6 is 15.9 Å². The Balaban J connectivity index is 1.71. The lowest BCUT2D eigenvalue weighted by atomic mass is 10.1. The minimum absolute atomic E-state index is 0.145. The normalized spacial score (nSPS) is 16.9. The summed E-state index contributed by atoms with van der Waals surface area (Å²) in [6.45, 7) is 1.46. The number of hydrogen-bond acceptors (Lipinski definition) is 3. The van der Waals surface area contributed by atoms with Gasteiger partial charge in [-0.1, -0.05) is 15.9 Å². The van der Waals surface area contributed by atoms with Crippen LogP contribution in [-0.4, -0.2) is 44.1 Å². The summed E-state index contributed by atoms with van der Waals surface area (Å²) >= 11 is 3.46. The first-order valence-corrected chi connectivity index (χ1v) is 7.21. The Morgan fingerprint density at radius 1 is 1.53 bits per heavy atom. The lowest BCUT2D eigenvalue weighted by Gasteiger charge is -2.13. The number of carbonyl (C=O) groups excluding carboxylic acids is 1. The molecular formula is C14H19BrN2O2. The molecular weight excluding hydrogens is 308 g/mol. The molecule has 0 fully saturated rings. The summed E-state index contributed by atoms with van der Waals surface area (Å²) in [6.07, 6.45) is 1.61. The van der Waals surface area contributed by atoms with E-state index in [2.05, 4.69) is 27.3 Å². The highest BCUT2D eigenvalue weighted by atomic mass is 79.9. The van der Waals surface area contributed by atoms with Gasteiger partial charge in [0.1, 0.15) is 11.9 Å². The zero-order valence-corrected chi connectivity index (χ0v) is 12.9. The number of halogens is 1. The Morgan fingerprint density at radius 2 is 2.32 bits per heavy atom. The Morgan fingerprint density at radius 3 is 3.05 bits per heavy atom. The van der Waals surface area contributed by atoms with Crippen molar-refractivity contribution in [3.05, 3.63) is 28.2 Å². The van der Waals surface area contributed by atoms with Crippen molar-refractivity contribution in [1.82, 2.24) is 10.2 Å². The van der Waals surface area contributed by atoms with Crippen LogP contribution in [0.3, 0.4) is 0 Å². The summed E-state index contributed by atoms with van der Waals surface area (Å²) in [5, 5.41) is 3.28. The van der Waals surface area contributed by atoms with Crippen LogP contribution in [0.25, 0.3) is 0 Å². The molecule has 1 N–H and O–H groups in total. The molecule has 0 aliphatic carbocycles. The number of benzene rings is 1. The third-order valence-electron chi connectivity index (χ3n) is 3.15. The summed E-state index contributed by atoms with van der Waals surface area (Å²) in [4.78, 5) is 13.0. The maximum Gasteiger partial charge on any atom is 0.223 e. The van der Waals surface area contributed by atoms with Crippen LogP contribution in [0.2, 0.25) is 0 Å². The van der Waals surface area contributed by atoms with E-state index in [1.807, 2.05) is 12.1 Å². The maximum absolute atomic E-state index is 11.4. The van der Waals surface area contributed by atoms with Crippen LogP contribution in [-0.2, 0) is 11.2 Å². The zero-order valence-electron chi connectivity index (χ0n) is 11.3. The molecule has 0 saturated heterocycles. The molecule has 19 heavy (non-hydrogen) atoms. The molecule has 1 heterocycles. The van der Waals surface area contributed by atoms with Crippen molar-refractivity contribution in [2.45, 2.75) is 18.9 Å². The van der Waals surface area contributed by atoms with Crippen LogP contribution in [0.4, 0.5) is 0 Å². The molecule has 1 aromatic carbocycles. The lowest BCUT2D eigenvalue weighted by Crippen LogP contribution is -2.33. The zero-order chi connectivity index (χ0) is 13.8. The molecule has 0 radical (unpaired) electrons. The quantitative estimate of drug-likeness (QED) is 0.839. The van der Waals surface area contributed by atoms with E-state index in [0.717, 1.165) is 23.2 Å². The average Bonchev–Trinajstić information content (AvgIpc) is 2.75. The lowest BCUT2D eigenvalue weighted by molar-refractivity contribution is -0.128. The fourth-order valence-corrected chi connectivity index (χ4v) is 2.49. The van der Waals surface area contributed by atoms with Gasteiger partial charge < -0.3 is 15.0 Å². The fraction of sp³-hybridized carbons (Fsp3) is 0.500. The van der Waals surface area contributed by atoms with E-state index in [-0.39, 0.29) is 12.0 Å². The molecule has 0 spiro atoms. The van der Waals surface area contributed by atoms with Crippen LogP contribution in [0.5, 0.6) is 5.75 Å². The highest BCUT2D eigenvalue weighted by Gasteiger charge is 2.22. The summed E-state index contributed by atoms with van der Waals surface area (Å²) in [5.41, 5.74) is 1.24. The molecule has 2 rings (SSSR count). The van der Waals surface area contributed by atoms with Crippen molar-refractivity contribution < 1.29 is 9.53 Å². The number of hydrogen-bond donors (Lipinski definition) is 1. The largest absolute Gasteiger partial charge is 0.488 e. The van der Waals surface area contributed by atoms with Crippen molar-refractivity contribution >= 4 is 21.8 Å². The number of carbonyl (C=O) groups is 1. The molecule has 104 valence electrons. The summed E-state index contributed by atoms with van der Waals surface area (Å²) < 4.78 is 6.92. The minimum Gasteiger partial charge on any atom is -0.488 e. The van der Waals surface area contributed by atoms with Crippen LogP contribution in [0.1, 0.15) is 12.0 Å². The van der Waals surface area contributed by atoms with Gasteiger partial charge in [0.25, 0.3) is 0 Å². The van der Waals surface area contributed by atoms with Gasteiger partial charge in [-0.2, -0.15) is 0 Å². The molecule has 0 bridgehead atoms. The first kappa shape index (κ1) is 14.3. The molecule has 1 amide bonds. The van der Waals surface area contributed by atoms with Gasteiger partial charge in [-0.3, -0.25) is 4.79 Å². The number of rotatable bonds is 5. The predicted octanol–water partition coefficient (Wildman–Crippen LogP) is 1.82. The van der Waals surface area contributed by atoms with Gasteiger partial charge in [0.05, 0.1) is 0 Å². The van der Waals surface area contributed by atoms with Crippen molar-refractivity contribution in [2.75, 3.05) is 27.2 Å². The van der Waals surface area contributed by atoms with Gasteiger partial charge in [0.15, 0.2) is 0 Å². The predicted molar refractivity (Wildman–Crippen MR) is 78.4 cm³/mol. The number of nitrogens with one attached hydrogen (secondary N) is 1. The van der Waals surface area contributed by atoms with E-state index >= 15 is 0 Å². The monoisotopic (exact) mass is 326 g/mol. The van der Waals surface area contributed by atoms with Crippen LogP contribution < -0.4 is 10.1 Å². The van der Waals surface area contributed by atoms with Gasteiger partial charge >= 0.3 is 0 Å². The molecule has 1 atom stereocenters. The van der Waals surface area contributed by atoms with Crippen LogP contribution in [0, 0.1) is 0 Å². The highest BCUT2D eigenvalue weighted by molar-refractivity contribution is 9.10. The van der Waals surface area contributed by atoms with Gasteiger partial charge in [0, 0.05) is 44.5 Å². The van der Waals surface area contributed by atoms with Gasteiger partial charge in [0.2, 0.25) is 5.91 Å². The third kappa shape index (κ3) is 3.94. The van der Waals surface area contributed by atoms with E-state index in [1.54, 1.807) is 19.0 Å². The third-order valence-corrected chi connectivity index (χ3v) is 3.64. The van der Waals surface area contributed by atoms with Gasteiger partial charge in [-0.25, -0.2) is 0 Å². The molecule has 1 unspecified atom stereocenters. The number of amides is 1. The smallest absolute Gasteiger partial charge is 0.223 e. The first-order chi connectivity index (χ1) is 9.06. The SMILES string of the molecule is CN(C)C(=O)CCNCC1Cc2cc(Br)ccc2O1. The van der Waals surface area contributed by atoms with E-state index in [1.165, 1.54) is 5.56 Å². The van der Waals surface area contributed by atoms with Crippen molar-refractivity contribution in [3.8, 4) is 5.75 Å². The topological polar surface area (TPSA) is 41.6 Å². The van der Waals surface area contributed by atoms with Crippen molar-refractivity contribution in [3.63, 3.8) is 0 Å². The average molecular weight is 327 g/mol. The molecule has 1 aliphatic heterocycles. The van der Waals surface area contributed by atoms with E-state index in [9.17, 15) is 4.79 Å². The molecule has 1 aromatic rings. The second kappa shape index (κ2) is 6.39. The maximum atomic E-state index is 11.4. The number of nitrogens with zero attached hydrogens (tertiary/aromatic N) is 1. The summed E-state index contributed by atoms with van der Waals surface area (Å²) in [6, 6.07) is 6.09. The van der Waals surface area contributed by atoms with Crippen molar-refractivity contribution in [2.24, 2.45) is 0 Å². The standard InChI is InChI=1S/C14H19BrN2O2/c1-17(2)14(18)5-6-16-9-12-8-10-7-11(15)3-4-13(10)19-12/h3-4,7,12,16H,5-6,8-9H2,1-2H3. The van der Waals surface area contributed by atoms with Crippen molar-refractivity contribution in [1.29, 1.82) is 0 Å². The molecule has 0 saturated carbocycles. The van der Waals surface area contributed by atoms with Gasteiger partial charge in [-0.15, -0.1) is 0 Å². The van der Waals surface area contributed by atoms with Gasteiger partial charge in [-0.05, 0) is 23.8 Å². The molecule has 0 aromatic heterocycles.